The van der Waals surface area contributed by atoms with E-state index in [0.29, 0.717) is 31.0 Å². The van der Waals surface area contributed by atoms with Crippen LogP contribution in [-0.4, -0.2) is 57.8 Å². The molecule has 1 atom stereocenters. The smallest absolute Gasteiger partial charge is 0.295 e. The molecular formula is C30H33N3O4. The Morgan fingerprint density at radius 1 is 1.03 bits per heavy atom. The summed E-state index contributed by atoms with van der Waals surface area (Å²) < 4.78 is 5.92. The number of carbonyl (C=O) groups excluding carboxylic acids is 2. The van der Waals surface area contributed by atoms with Crippen LogP contribution < -0.4 is 4.74 Å². The Morgan fingerprint density at radius 2 is 1.73 bits per heavy atom. The van der Waals surface area contributed by atoms with Crippen molar-refractivity contribution >= 4 is 17.4 Å². The van der Waals surface area contributed by atoms with Gasteiger partial charge in [-0.2, -0.15) is 0 Å². The molecule has 2 heterocycles. The van der Waals surface area contributed by atoms with E-state index in [9.17, 15) is 14.7 Å². The Morgan fingerprint density at radius 3 is 2.38 bits per heavy atom. The molecule has 0 radical (unpaired) electrons. The molecule has 0 spiro atoms. The van der Waals surface area contributed by atoms with Crippen LogP contribution in [0.5, 0.6) is 5.75 Å². The van der Waals surface area contributed by atoms with Crippen molar-refractivity contribution in [3.05, 3.63) is 101 Å². The number of hydrogen-bond donors (Lipinski definition) is 1. The molecule has 0 unspecified atom stereocenters. The second-order valence-electron chi connectivity index (χ2n) is 9.05. The minimum absolute atomic E-state index is 0.0943. The van der Waals surface area contributed by atoms with Crippen molar-refractivity contribution in [1.82, 2.24) is 14.8 Å². The van der Waals surface area contributed by atoms with E-state index in [1.165, 1.54) is 0 Å². The van der Waals surface area contributed by atoms with Crippen molar-refractivity contribution in [2.45, 2.75) is 33.4 Å². The van der Waals surface area contributed by atoms with Crippen LogP contribution in [0.2, 0.25) is 0 Å². The zero-order valence-electron chi connectivity index (χ0n) is 21.6. The third-order valence-electron chi connectivity index (χ3n) is 6.81. The number of aryl methyl sites for hydroxylation is 1. The maximum absolute atomic E-state index is 13.3. The quantitative estimate of drug-likeness (QED) is 0.247. The Labute approximate surface area is 218 Å². The number of ether oxygens (including phenoxy) is 1. The van der Waals surface area contributed by atoms with Gasteiger partial charge in [-0.15, -0.1) is 0 Å². The van der Waals surface area contributed by atoms with E-state index in [2.05, 4.69) is 23.7 Å². The second-order valence-corrected chi connectivity index (χ2v) is 9.05. The standard InChI is InChI=1S/C30H33N3O4/c1-4-32(5-2)17-18-33-27(23-13-15-31-16-14-23)26(29(35)30(33)36)28(34)25-12-11-24(19-21(25)3)37-20-22-9-7-6-8-10-22/h6-16,19,27,34H,4-5,17-18,20H2,1-3H3/b28-26+/t27-/m0/s1. The number of ketones is 1. The Balaban J connectivity index is 1.67. The predicted molar refractivity (Wildman–Crippen MR) is 143 cm³/mol. The number of aromatic nitrogens is 1. The van der Waals surface area contributed by atoms with E-state index in [4.69, 9.17) is 4.74 Å². The third-order valence-corrected chi connectivity index (χ3v) is 6.81. The number of pyridine rings is 1. The van der Waals surface area contributed by atoms with Crippen LogP contribution in [0.4, 0.5) is 0 Å². The highest BCUT2D eigenvalue weighted by Crippen LogP contribution is 2.39. The number of aliphatic hydroxyl groups is 1. The van der Waals surface area contributed by atoms with Crippen LogP contribution >= 0.6 is 0 Å². The number of benzene rings is 2. The van der Waals surface area contributed by atoms with Gasteiger partial charge in [0.2, 0.25) is 0 Å². The number of hydrogen-bond acceptors (Lipinski definition) is 6. The summed E-state index contributed by atoms with van der Waals surface area (Å²) in [5, 5.41) is 11.4. The number of carbonyl (C=O) groups is 2. The Bertz CT molecular complexity index is 1270. The van der Waals surface area contributed by atoms with E-state index < -0.39 is 17.7 Å². The lowest BCUT2D eigenvalue weighted by atomic mass is 9.94. The van der Waals surface area contributed by atoms with Gasteiger partial charge in [0.25, 0.3) is 11.7 Å². The predicted octanol–water partition coefficient (Wildman–Crippen LogP) is 4.73. The first-order valence-corrected chi connectivity index (χ1v) is 12.6. The van der Waals surface area contributed by atoms with Gasteiger partial charge in [0.1, 0.15) is 18.1 Å². The Hall–Kier alpha value is -3.97. The lowest BCUT2D eigenvalue weighted by Gasteiger charge is -2.28. The van der Waals surface area contributed by atoms with Gasteiger partial charge in [0.15, 0.2) is 0 Å². The molecule has 1 N–H and O–H groups in total. The molecule has 1 saturated heterocycles. The molecule has 3 aromatic rings. The fourth-order valence-electron chi connectivity index (χ4n) is 4.67. The van der Waals surface area contributed by atoms with Gasteiger partial charge in [-0.1, -0.05) is 44.2 Å². The number of rotatable bonds is 10. The fourth-order valence-corrected chi connectivity index (χ4v) is 4.67. The van der Waals surface area contributed by atoms with Gasteiger partial charge in [0, 0.05) is 31.0 Å². The molecular weight excluding hydrogens is 466 g/mol. The van der Waals surface area contributed by atoms with Crippen molar-refractivity contribution in [3.63, 3.8) is 0 Å². The van der Waals surface area contributed by atoms with Crippen LogP contribution in [-0.2, 0) is 16.2 Å². The van der Waals surface area contributed by atoms with Gasteiger partial charge in [-0.25, -0.2) is 0 Å². The maximum Gasteiger partial charge on any atom is 0.295 e. The van der Waals surface area contributed by atoms with Crippen LogP contribution in [0, 0.1) is 6.92 Å². The fraction of sp³-hybridized carbons (Fsp3) is 0.300. The monoisotopic (exact) mass is 499 g/mol. The molecule has 1 aliphatic heterocycles. The summed E-state index contributed by atoms with van der Waals surface area (Å²) in [7, 11) is 0. The van der Waals surface area contributed by atoms with Crippen LogP contribution in [0.15, 0.2) is 78.6 Å². The summed E-state index contributed by atoms with van der Waals surface area (Å²) in [5.41, 5.74) is 3.11. The van der Waals surface area contributed by atoms with Crippen molar-refractivity contribution in [1.29, 1.82) is 0 Å². The molecule has 1 aromatic heterocycles. The molecule has 1 aliphatic rings. The highest BCUT2D eigenvalue weighted by molar-refractivity contribution is 6.46. The van der Waals surface area contributed by atoms with Gasteiger partial charge in [-0.3, -0.25) is 14.6 Å². The summed E-state index contributed by atoms with van der Waals surface area (Å²) >= 11 is 0. The zero-order valence-corrected chi connectivity index (χ0v) is 21.6. The highest BCUT2D eigenvalue weighted by Gasteiger charge is 2.46. The molecule has 1 fully saturated rings. The first-order chi connectivity index (χ1) is 17.9. The zero-order chi connectivity index (χ0) is 26.4. The van der Waals surface area contributed by atoms with Crippen molar-refractivity contribution in [3.8, 4) is 5.75 Å². The van der Waals surface area contributed by atoms with Gasteiger partial charge in [-0.05, 0) is 67.0 Å². The summed E-state index contributed by atoms with van der Waals surface area (Å²) in [6.07, 6.45) is 3.26. The molecule has 1 amide bonds. The maximum atomic E-state index is 13.3. The van der Waals surface area contributed by atoms with Crippen molar-refractivity contribution in [2.75, 3.05) is 26.2 Å². The van der Waals surface area contributed by atoms with Crippen LogP contribution in [0.1, 0.15) is 42.1 Å². The summed E-state index contributed by atoms with van der Waals surface area (Å²) in [6.45, 7) is 9.10. The summed E-state index contributed by atoms with van der Waals surface area (Å²) in [4.78, 5) is 34.3. The lowest BCUT2D eigenvalue weighted by Crippen LogP contribution is -2.38. The normalized spacial score (nSPS) is 17.0. The first kappa shape index (κ1) is 26.1. The number of aliphatic hydroxyl groups excluding tert-OH is 1. The van der Waals surface area contributed by atoms with Crippen LogP contribution in [0.25, 0.3) is 5.76 Å². The van der Waals surface area contributed by atoms with Crippen molar-refractivity contribution in [2.24, 2.45) is 0 Å². The minimum atomic E-state index is -0.688. The van der Waals surface area contributed by atoms with E-state index in [1.54, 1.807) is 41.6 Å². The van der Waals surface area contributed by atoms with Gasteiger partial charge < -0.3 is 19.6 Å². The SMILES string of the molecule is CCN(CC)CCN1C(=O)C(=O)/C(=C(/O)c2ccc(OCc3ccccc3)cc2C)[C@@H]1c1ccncc1. The molecule has 4 rings (SSSR count). The molecule has 7 nitrogen and oxygen atoms in total. The molecule has 7 heteroatoms. The lowest BCUT2D eigenvalue weighted by molar-refractivity contribution is -0.140. The van der Waals surface area contributed by atoms with Gasteiger partial charge >= 0.3 is 0 Å². The topological polar surface area (TPSA) is 83.0 Å². The third kappa shape index (κ3) is 5.73. The molecule has 0 aliphatic carbocycles. The van der Waals surface area contributed by atoms with E-state index in [1.807, 2.05) is 43.3 Å². The largest absolute Gasteiger partial charge is 0.507 e. The number of likely N-dealkylation sites (tertiary alicyclic amines) is 1. The molecule has 0 saturated carbocycles. The molecule has 192 valence electrons. The number of nitrogens with zero attached hydrogens (tertiary/aromatic N) is 3. The summed E-state index contributed by atoms with van der Waals surface area (Å²) in [5.74, 6) is -0.806. The average Bonchev–Trinajstić information content (AvgIpc) is 3.18. The average molecular weight is 500 g/mol. The summed E-state index contributed by atoms with van der Waals surface area (Å²) in [6, 6.07) is 18.1. The van der Waals surface area contributed by atoms with E-state index in [0.717, 1.165) is 29.8 Å². The van der Waals surface area contributed by atoms with Crippen molar-refractivity contribution < 1.29 is 19.4 Å². The highest BCUT2D eigenvalue weighted by atomic mass is 16.5. The number of amides is 1. The van der Waals surface area contributed by atoms with Crippen LogP contribution in [0.3, 0.4) is 0 Å². The number of Topliss-reactive ketones (excluding diaryl/α,β-unsaturated/α-hetero) is 1. The molecule has 0 bridgehead atoms. The van der Waals surface area contributed by atoms with E-state index >= 15 is 0 Å². The molecule has 37 heavy (non-hydrogen) atoms. The second kappa shape index (κ2) is 11.8. The molecule has 2 aromatic carbocycles. The van der Waals surface area contributed by atoms with E-state index in [-0.39, 0.29) is 11.3 Å². The van der Waals surface area contributed by atoms with Gasteiger partial charge in [0.05, 0.1) is 11.6 Å². The Kier molecular flexibility index (Phi) is 8.36. The first-order valence-electron chi connectivity index (χ1n) is 12.6. The number of likely N-dealkylation sites (N-methyl/N-ethyl adjacent to an activating group) is 1. The minimum Gasteiger partial charge on any atom is -0.507 e.